The SMILES string of the molecule is CC(=O)NCc1cccc(C(=O)NCCN2CCS[C@H](C)C2)c1. The van der Waals surface area contributed by atoms with Crippen LogP contribution in [-0.4, -0.2) is 53.9 Å². The second-order valence-electron chi connectivity index (χ2n) is 5.85. The smallest absolute Gasteiger partial charge is 0.251 e. The zero-order chi connectivity index (χ0) is 16.7. The van der Waals surface area contributed by atoms with Crippen LogP contribution in [0, 0.1) is 0 Å². The van der Waals surface area contributed by atoms with Crippen LogP contribution in [-0.2, 0) is 11.3 Å². The van der Waals surface area contributed by atoms with Crippen molar-refractivity contribution < 1.29 is 9.59 Å². The van der Waals surface area contributed by atoms with Gasteiger partial charge in [-0.3, -0.25) is 14.5 Å². The lowest BCUT2D eigenvalue weighted by molar-refractivity contribution is -0.119. The summed E-state index contributed by atoms with van der Waals surface area (Å²) in [5.74, 6) is 1.03. The fourth-order valence-corrected chi connectivity index (χ4v) is 3.65. The Hall–Kier alpha value is -1.53. The maximum atomic E-state index is 12.2. The molecular weight excluding hydrogens is 310 g/mol. The molecule has 23 heavy (non-hydrogen) atoms. The molecular formula is C17H25N3O2S. The van der Waals surface area contributed by atoms with Crippen molar-refractivity contribution in [3.63, 3.8) is 0 Å². The molecule has 0 aromatic heterocycles. The molecule has 0 spiro atoms. The molecule has 6 heteroatoms. The predicted octanol–water partition coefficient (Wildman–Crippen LogP) is 1.49. The quantitative estimate of drug-likeness (QED) is 0.827. The maximum absolute atomic E-state index is 12.2. The Balaban J connectivity index is 1.78. The fourth-order valence-electron chi connectivity index (χ4n) is 2.57. The summed E-state index contributed by atoms with van der Waals surface area (Å²) in [4.78, 5) is 25.6. The third kappa shape index (κ3) is 6.23. The summed E-state index contributed by atoms with van der Waals surface area (Å²) in [5.41, 5.74) is 1.56. The molecule has 1 aromatic carbocycles. The minimum absolute atomic E-state index is 0.0610. The highest BCUT2D eigenvalue weighted by Crippen LogP contribution is 2.17. The monoisotopic (exact) mass is 335 g/mol. The molecule has 0 unspecified atom stereocenters. The summed E-state index contributed by atoms with van der Waals surface area (Å²) < 4.78 is 0. The van der Waals surface area contributed by atoms with Crippen LogP contribution in [0.2, 0.25) is 0 Å². The Bertz CT molecular complexity index is 550. The van der Waals surface area contributed by atoms with Gasteiger partial charge in [-0.1, -0.05) is 19.1 Å². The fraction of sp³-hybridized carbons (Fsp3) is 0.529. The van der Waals surface area contributed by atoms with Crippen LogP contribution in [0.4, 0.5) is 0 Å². The third-order valence-electron chi connectivity index (χ3n) is 3.77. The first-order valence-corrected chi connectivity index (χ1v) is 9.05. The summed E-state index contributed by atoms with van der Waals surface area (Å²) in [7, 11) is 0. The van der Waals surface area contributed by atoms with E-state index in [-0.39, 0.29) is 11.8 Å². The van der Waals surface area contributed by atoms with Crippen LogP contribution in [0.25, 0.3) is 0 Å². The third-order valence-corrected chi connectivity index (χ3v) is 4.91. The molecule has 0 saturated carbocycles. The van der Waals surface area contributed by atoms with Crippen LogP contribution in [0.15, 0.2) is 24.3 Å². The van der Waals surface area contributed by atoms with Crippen LogP contribution in [0.5, 0.6) is 0 Å². The zero-order valence-corrected chi connectivity index (χ0v) is 14.6. The summed E-state index contributed by atoms with van der Waals surface area (Å²) in [6.07, 6.45) is 0. The molecule has 2 amide bonds. The molecule has 1 atom stereocenters. The van der Waals surface area contributed by atoms with Crippen molar-refractivity contribution in [1.82, 2.24) is 15.5 Å². The number of rotatable bonds is 6. The number of thioether (sulfide) groups is 1. The van der Waals surface area contributed by atoms with Crippen LogP contribution in [0.1, 0.15) is 29.8 Å². The van der Waals surface area contributed by atoms with Gasteiger partial charge < -0.3 is 10.6 Å². The van der Waals surface area contributed by atoms with E-state index in [0.717, 1.165) is 25.2 Å². The predicted molar refractivity (Wildman–Crippen MR) is 94.7 cm³/mol. The molecule has 1 heterocycles. The Morgan fingerprint density at radius 1 is 1.35 bits per heavy atom. The summed E-state index contributed by atoms with van der Waals surface area (Å²) in [6.45, 7) is 7.91. The van der Waals surface area contributed by atoms with Crippen molar-refractivity contribution in [2.45, 2.75) is 25.6 Å². The van der Waals surface area contributed by atoms with Crippen LogP contribution < -0.4 is 10.6 Å². The van der Waals surface area contributed by atoms with Gasteiger partial charge in [-0.05, 0) is 17.7 Å². The van der Waals surface area contributed by atoms with Crippen molar-refractivity contribution in [1.29, 1.82) is 0 Å². The van der Waals surface area contributed by atoms with Crippen molar-refractivity contribution in [3.05, 3.63) is 35.4 Å². The second-order valence-corrected chi connectivity index (χ2v) is 7.39. The molecule has 1 aromatic rings. The summed E-state index contributed by atoms with van der Waals surface area (Å²) >= 11 is 2.01. The van der Waals surface area contributed by atoms with Gasteiger partial charge >= 0.3 is 0 Å². The van der Waals surface area contributed by atoms with E-state index in [9.17, 15) is 9.59 Å². The minimum atomic E-state index is -0.0752. The number of hydrogen-bond acceptors (Lipinski definition) is 4. The molecule has 126 valence electrons. The summed E-state index contributed by atoms with van der Waals surface area (Å²) in [6, 6.07) is 7.37. The van der Waals surface area contributed by atoms with Crippen molar-refractivity contribution in [2.75, 3.05) is 31.9 Å². The van der Waals surface area contributed by atoms with Gasteiger partial charge in [-0.2, -0.15) is 11.8 Å². The lowest BCUT2D eigenvalue weighted by atomic mass is 10.1. The first-order chi connectivity index (χ1) is 11.0. The van der Waals surface area contributed by atoms with E-state index >= 15 is 0 Å². The van der Waals surface area contributed by atoms with Crippen molar-refractivity contribution in [3.8, 4) is 0 Å². The van der Waals surface area contributed by atoms with E-state index in [1.807, 2.05) is 30.0 Å². The largest absolute Gasteiger partial charge is 0.352 e. The van der Waals surface area contributed by atoms with E-state index < -0.39 is 0 Å². The average molecular weight is 335 g/mol. The van der Waals surface area contributed by atoms with Gasteiger partial charge in [0, 0.05) is 56.2 Å². The first kappa shape index (κ1) is 17.8. The number of amides is 2. The van der Waals surface area contributed by atoms with E-state index in [4.69, 9.17) is 0 Å². The van der Waals surface area contributed by atoms with Gasteiger partial charge in [-0.15, -0.1) is 0 Å². The molecule has 0 bridgehead atoms. The van der Waals surface area contributed by atoms with Gasteiger partial charge in [0.15, 0.2) is 0 Å². The first-order valence-electron chi connectivity index (χ1n) is 8.00. The van der Waals surface area contributed by atoms with Gasteiger partial charge in [-0.25, -0.2) is 0 Å². The Kier molecular flexibility index (Phi) is 6.92. The molecule has 1 fully saturated rings. The molecule has 0 radical (unpaired) electrons. The lowest BCUT2D eigenvalue weighted by Gasteiger charge is -2.30. The lowest BCUT2D eigenvalue weighted by Crippen LogP contribution is -2.41. The van der Waals surface area contributed by atoms with Gasteiger partial charge in [0.2, 0.25) is 5.91 Å². The summed E-state index contributed by atoms with van der Waals surface area (Å²) in [5, 5.41) is 6.39. The standard InChI is InChI=1S/C17H25N3O2S/c1-13-12-20(8-9-23-13)7-6-18-17(22)16-5-3-4-15(10-16)11-19-14(2)21/h3-5,10,13H,6-9,11-12H2,1-2H3,(H,18,22)(H,19,21)/t13-/m1/s1. The van der Waals surface area contributed by atoms with Gasteiger partial charge in [0.05, 0.1) is 0 Å². The van der Waals surface area contributed by atoms with Gasteiger partial charge in [0.25, 0.3) is 5.91 Å². The topological polar surface area (TPSA) is 61.4 Å². The van der Waals surface area contributed by atoms with Crippen LogP contribution in [0.3, 0.4) is 0 Å². The highest BCUT2D eigenvalue weighted by Gasteiger charge is 2.16. The highest BCUT2D eigenvalue weighted by molar-refractivity contribution is 7.99. The van der Waals surface area contributed by atoms with Crippen LogP contribution >= 0.6 is 11.8 Å². The van der Waals surface area contributed by atoms with E-state index in [0.29, 0.717) is 23.9 Å². The average Bonchev–Trinajstić information content (AvgIpc) is 2.53. The number of benzene rings is 1. The highest BCUT2D eigenvalue weighted by atomic mass is 32.2. The van der Waals surface area contributed by atoms with E-state index in [2.05, 4.69) is 22.5 Å². The molecule has 0 aliphatic carbocycles. The maximum Gasteiger partial charge on any atom is 0.251 e. The number of carbonyl (C=O) groups is 2. The minimum Gasteiger partial charge on any atom is -0.352 e. The molecule has 2 rings (SSSR count). The Morgan fingerprint density at radius 2 is 2.17 bits per heavy atom. The van der Waals surface area contributed by atoms with E-state index in [1.54, 1.807) is 6.07 Å². The number of carbonyl (C=O) groups excluding carboxylic acids is 2. The number of nitrogens with zero attached hydrogens (tertiary/aromatic N) is 1. The molecule has 5 nitrogen and oxygen atoms in total. The molecule has 2 N–H and O–H groups in total. The van der Waals surface area contributed by atoms with E-state index in [1.165, 1.54) is 12.7 Å². The molecule has 1 aliphatic heterocycles. The normalized spacial score (nSPS) is 18.4. The Morgan fingerprint density at radius 3 is 2.91 bits per heavy atom. The van der Waals surface area contributed by atoms with Gasteiger partial charge in [0.1, 0.15) is 0 Å². The number of nitrogens with one attached hydrogen (secondary N) is 2. The van der Waals surface area contributed by atoms with Crippen molar-refractivity contribution >= 4 is 23.6 Å². The number of hydrogen-bond donors (Lipinski definition) is 2. The Labute approximate surface area is 142 Å². The van der Waals surface area contributed by atoms with Crippen molar-refractivity contribution in [2.24, 2.45) is 0 Å². The molecule has 1 saturated heterocycles. The second kappa shape index (κ2) is 8.93. The zero-order valence-electron chi connectivity index (χ0n) is 13.8. The molecule has 1 aliphatic rings.